The van der Waals surface area contributed by atoms with E-state index in [1.165, 1.54) is 27.8 Å². The summed E-state index contributed by atoms with van der Waals surface area (Å²) in [6.45, 7) is 8.42. The van der Waals surface area contributed by atoms with Gasteiger partial charge in [0.2, 0.25) is 0 Å². The predicted octanol–water partition coefficient (Wildman–Crippen LogP) is 4.63. The van der Waals surface area contributed by atoms with Crippen LogP contribution in [0, 0.1) is 0 Å². The number of hydrogen-bond donors (Lipinski definition) is 0. The standard InChI is InChI=1S/C17H16/c1-12-6-3-4-8-14-10-11-15-9-5-7-13(2)17(15)16(12)14/h3,5-6,9-11H,1-2,4,7-8H2. The predicted molar refractivity (Wildman–Crippen MR) is 75.6 cm³/mol. The first kappa shape index (κ1) is 10.3. The zero-order chi connectivity index (χ0) is 11.8. The van der Waals surface area contributed by atoms with Crippen molar-refractivity contribution in [1.29, 1.82) is 0 Å². The van der Waals surface area contributed by atoms with Gasteiger partial charge in [0.15, 0.2) is 0 Å². The van der Waals surface area contributed by atoms with Crippen LogP contribution in [0.2, 0.25) is 0 Å². The Labute approximate surface area is 103 Å². The zero-order valence-electron chi connectivity index (χ0n) is 10.00. The highest BCUT2D eigenvalue weighted by Gasteiger charge is 2.18. The third-order valence-electron chi connectivity index (χ3n) is 3.56. The lowest BCUT2D eigenvalue weighted by molar-refractivity contribution is 1.00. The summed E-state index contributed by atoms with van der Waals surface area (Å²) in [4.78, 5) is 0. The van der Waals surface area contributed by atoms with Crippen molar-refractivity contribution in [2.75, 3.05) is 0 Å². The fraction of sp³-hybridized carbons (Fsp3) is 0.176. The van der Waals surface area contributed by atoms with E-state index in [4.69, 9.17) is 0 Å². The Kier molecular flexibility index (Phi) is 2.36. The molecule has 2 aliphatic carbocycles. The molecule has 1 aromatic rings. The van der Waals surface area contributed by atoms with Gasteiger partial charge in [-0.05, 0) is 52.7 Å². The smallest absolute Gasteiger partial charge is 0.00736 e. The average molecular weight is 220 g/mol. The first-order valence-corrected chi connectivity index (χ1v) is 6.14. The molecule has 0 amide bonds. The van der Waals surface area contributed by atoms with Crippen molar-refractivity contribution >= 4 is 17.2 Å². The van der Waals surface area contributed by atoms with E-state index >= 15 is 0 Å². The van der Waals surface area contributed by atoms with Gasteiger partial charge in [-0.15, -0.1) is 0 Å². The van der Waals surface area contributed by atoms with Crippen LogP contribution < -0.4 is 0 Å². The lowest BCUT2D eigenvalue weighted by atomic mass is 9.84. The molecule has 0 heterocycles. The van der Waals surface area contributed by atoms with Crippen molar-refractivity contribution < 1.29 is 0 Å². The molecule has 0 unspecified atom stereocenters. The van der Waals surface area contributed by atoms with E-state index in [0.717, 1.165) is 24.8 Å². The average Bonchev–Trinajstić information content (AvgIpc) is 2.52. The normalized spacial score (nSPS) is 17.6. The molecule has 0 aromatic heterocycles. The fourth-order valence-electron chi connectivity index (χ4n) is 2.73. The maximum atomic E-state index is 4.21. The number of hydrogen-bond acceptors (Lipinski definition) is 0. The highest BCUT2D eigenvalue weighted by Crippen LogP contribution is 2.37. The number of fused-ring (bicyclic) bond motifs is 3. The highest BCUT2D eigenvalue weighted by molar-refractivity contribution is 5.90. The largest absolute Gasteiger partial charge is 0.0949 e. The van der Waals surface area contributed by atoms with Gasteiger partial charge in [-0.3, -0.25) is 0 Å². The summed E-state index contributed by atoms with van der Waals surface area (Å²) in [5.41, 5.74) is 7.69. The number of aryl methyl sites for hydroxylation is 1. The summed E-state index contributed by atoms with van der Waals surface area (Å²) >= 11 is 0. The molecule has 0 aliphatic heterocycles. The van der Waals surface area contributed by atoms with Gasteiger partial charge in [0.25, 0.3) is 0 Å². The van der Waals surface area contributed by atoms with Crippen LogP contribution in [0.3, 0.4) is 0 Å². The molecule has 2 aliphatic rings. The van der Waals surface area contributed by atoms with Gasteiger partial charge in [0.05, 0.1) is 0 Å². The second kappa shape index (κ2) is 3.89. The molecule has 0 saturated heterocycles. The van der Waals surface area contributed by atoms with Crippen molar-refractivity contribution in [2.45, 2.75) is 19.3 Å². The van der Waals surface area contributed by atoms with Crippen molar-refractivity contribution in [3.8, 4) is 0 Å². The summed E-state index contributed by atoms with van der Waals surface area (Å²) < 4.78 is 0. The minimum Gasteiger partial charge on any atom is -0.0949 e. The van der Waals surface area contributed by atoms with Crippen LogP contribution in [0.25, 0.3) is 17.2 Å². The van der Waals surface area contributed by atoms with Gasteiger partial charge in [0.1, 0.15) is 0 Å². The van der Waals surface area contributed by atoms with Crippen LogP contribution in [0.4, 0.5) is 0 Å². The van der Waals surface area contributed by atoms with Gasteiger partial charge in [-0.2, -0.15) is 0 Å². The molecule has 0 saturated carbocycles. The quantitative estimate of drug-likeness (QED) is 0.598. The van der Waals surface area contributed by atoms with Gasteiger partial charge in [-0.1, -0.05) is 49.6 Å². The number of allylic oxidation sites excluding steroid dienone is 5. The molecule has 0 atom stereocenters. The molecule has 0 spiro atoms. The zero-order valence-corrected chi connectivity index (χ0v) is 10.00. The Morgan fingerprint density at radius 1 is 0.941 bits per heavy atom. The van der Waals surface area contributed by atoms with Gasteiger partial charge < -0.3 is 0 Å². The molecule has 0 N–H and O–H groups in total. The summed E-state index contributed by atoms with van der Waals surface area (Å²) in [5, 5.41) is 0. The van der Waals surface area contributed by atoms with E-state index in [1.54, 1.807) is 0 Å². The summed E-state index contributed by atoms with van der Waals surface area (Å²) in [6.07, 6.45) is 11.9. The topological polar surface area (TPSA) is 0 Å². The first-order chi connectivity index (χ1) is 8.27. The van der Waals surface area contributed by atoms with Crippen LogP contribution in [0.5, 0.6) is 0 Å². The highest BCUT2D eigenvalue weighted by atomic mass is 14.2. The Morgan fingerprint density at radius 2 is 1.82 bits per heavy atom. The van der Waals surface area contributed by atoms with Crippen LogP contribution in [-0.4, -0.2) is 0 Å². The molecule has 0 radical (unpaired) electrons. The number of benzene rings is 1. The van der Waals surface area contributed by atoms with E-state index in [1.807, 2.05) is 0 Å². The maximum Gasteiger partial charge on any atom is -0.00736 e. The lowest BCUT2D eigenvalue weighted by Crippen LogP contribution is -2.01. The molecule has 0 bridgehead atoms. The Morgan fingerprint density at radius 3 is 2.71 bits per heavy atom. The molecular weight excluding hydrogens is 204 g/mol. The molecule has 17 heavy (non-hydrogen) atoms. The van der Waals surface area contributed by atoms with E-state index in [9.17, 15) is 0 Å². The van der Waals surface area contributed by atoms with E-state index in [2.05, 4.69) is 49.6 Å². The molecule has 1 aromatic carbocycles. The Bertz CT molecular complexity index is 568. The third-order valence-corrected chi connectivity index (χ3v) is 3.56. The van der Waals surface area contributed by atoms with Crippen LogP contribution in [0.1, 0.15) is 35.1 Å². The molecule has 3 rings (SSSR count). The maximum absolute atomic E-state index is 4.21. The monoisotopic (exact) mass is 220 g/mol. The fourth-order valence-corrected chi connectivity index (χ4v) is 2.73. The summed E-state index contributed by atoms with van der Waals surface area (Å²) in [7, 11) is 0. The van der Waals surface area contributed by atoms with E-state index < -0.39 is 0 Å². The van der Waals surface area contributed by atoms with Crippen LogP contribution in [-0.2, 0) is 6.42 Å². The van der Waals surface area contributed by atoms with E-state index in [0.29, 0.717) is 0 Å². The van der Waals surface area contributed by atoms with Gasteiger partial charge in [0, 0.05) is 0 Å². The van der Waals surface area contributed by atoms with Crippen molar-refractivity contribution in [2.24, 2.45) is 0 Å². The lowest BCUT2D eigenvalue weighted by Gasteiger charge is -2.20. The number of rotatable bonds is 0. The SMILES string of the molecule is C=C1CC=Cc2ccc3c(c21)C(=C)C=CCC3. The van der Waals surface area contributed by atoms with Crippen molar-refractivity contribution in [3.63, 3.8) is 0 Å². The summed E-state index contributed by atoms with van der Waals surface area (Å²) in [5.74, 6) is 0. The molecule has 0 fully saturated rings. The minimum atomic E-state index is 0.959. The molecule has 0 heteroatoms. The van der Waals surface area contributed by atoms with Crippen molar-refractivity contribution in [3.05, 3.63) is 65.8 Å². The van der Waals surface area contributed by atoms with E-state index in [-0.39, 0.29) is 0 Å². The second-order valence-corrected chi connectivity index (χ2v) is 4.74. The van der Waals surface area contributed by atoms with Crippen LogP contribution in [0.15, 0.2) is 43.5 Å². The minimum absolute atomic E-state index is 0.959. The third kappa shape index (κ3) is 1.61. The van der Waals surface area contributed by atoms with Crippen LogP contribution >= 0.6 is 0 Å². The first-order valence-electron chi connectivity index (χ1n) is 6.14. The molecule has 0 nitrogen and oxygen atoms in total. The van der Waals surface area contributed by atoms with Gasteiger partial charge >= 0.3 is 0 Å². The Balaban J connectivity index is 2.32. The second-order valence-electron chi connectivity index (χ2n) is 4.74. The van der Waals surface area contributed by atoms with Crippen molar-refractivity contribution in [1.82, 2.24) is 0 Å². The molecular formula is C17H16. The summed E-state index contributed by atoms with van der Waals surface area (Å²) in [6, 6.07) is 4.46. The Hall–Kier alpha value is -1.82. The van der Waals surface area contributed by atoms with Gasteiger partial charge in [-0.25, -0.2) is 0 Å². The molecule has 84 valence electrons.